The number of carbonyl (C=O) groups excluding carboxylic acids is 2. The quantitative estimate of drug-likeness (QED) is 0.489. The van der Waals surface area contributed by atoms with Gasteiger partial charge in [-0.25, -0.2) is 0 Å². The lowest BCUT2D eigenvalue weighted by Gasteiger charge is -2.21. The highest BCUT2D eigenvalue weighted by Crippen LogP contribution is 2.25. The summed E-state index contributed by atoms with van der Waals surface area (Å²) in [6.07, 6.45) is 6.56. The highest BCUT2D eigenvalue weighted by molar-refractivity contribution is 5.92. The summed E-state index contributed by atoms with van der Waals surface area (Å²) in [5, 5.41) is 0. The Balaban J connectivity index is 2.18. The molecule has 0 fully saturated rings. The van der Waals surface area contributed by atoms with Gasteiger partial charge < -0.3 is 19.1 Å². The minimum atomic E-state index is -0.369. The molecule has 0 saturated carbocycles. The molecule has 0 aliphatic carbocycles. The topological polar surface area (TPSA) is 78.0 Å². The molecule has 0 radical (unpaired) electrons. The van der Waals surface area contributed by atoms with Crippen molar-refractivity contribution < 1.29 is 23.8 Å². The Morgan fingerprint density at radius 2 is 1.82 bits per heavy atom. The van der Waals surface area contributed by atoms with E-state index in [9.17, 15) is 9.59 Å². The number of amides is 1. The molecule has 0 bridgehead atoms. The molecule has 0 atom stereocenters. The zero-order valence-corrected chi connectivity index (χ0v) is 16.3. The maximum Gasteiger partial charge on any atom is 0.307 e. The maximum atomic E-state index is 12.8. The van der Waals surface area contributed by atoms with E-state index in [1.807, 2.05) is 12.1 Å². The standard InChI is InChI=1S/C21H24N2O5/c1-26-18-5-6-19(27-2)17(14-18)4-7-20(24)23(13-10-21(25)28-3)15-16-8-11-22-12-9-16/h4-9,11-12,14H,10,13,15H2,1-3H3/b7-4+. The van der Waals surface area contributed by atoms with Gasteiger partial charge in [0.1, 0.15) is 11.5 Å². The number of hydrogen-bond acceptors (Lipinski definition) is 6. The third kappa shape index (κ3) is 6.12. The van der Waals surface area contributed by atoms with Crippen molar-refractivity contribution in [3.63, 3.8) is 0 Å². The van der Waals surface area contributed by atoms with Gasteiger partial charge in [-0.15, -0.1) is 0 Å². The van der Waals surface area contributed by atoms with Crippen LogP contribution in [0.1, 0.15) is 17.5 Å². The number of ether oxygens (including phenoxy) is 3. The van der Waals surface area contributed by atoms with Crippen molar-refractivity contribution in [2.24, 2.45) is 0 Å². The molecule has 1 aromatic heterocycles. The number of pyridine rings is 1. The summed E-state index contributed by atoms with van der Waals surface area (Å²) in [7, 11) is 4.46. The highest BCUT2D eigenvalue weighted by Gasteiger charge is 2.14. The Kier molecular flexibility index (Phi) is 8.02. The van der Waals surface area contributed by atoms with E-state index in [-0.39, 0.29) is 24.8 Å². The second-order valence-electron chi connectivity index (χ2n) is 5.88. The van der Waals surface area contributed by atoms with Crippen LogP contribution in [0.4, 0.5) is 0 Å². The van der Waals surface area contributed by atoms with Crippen molar-refractivity contribution in [3.8, 4) is 11.5 Å². The zero-order valence-electron chi connectivity index (χ0n) is 16.3. The van der Waals surface area contributed by atoms with Gasteiger partial charge in [-0.05, 0) is 42.0 Å². The molecule has 1 heterocycles. The van der Waals surface area contributed by atoms with Crippen molar-refractivity contribution in [1.82, 2.24) is 9.88 Å². The summed E-state index contributed by atoms with van der Waals surface area (Å²) >= 11 is 0. The largest absolute Gasteiger partial charge is 0.497 e. The Bertz CT molecular complexity index is 821. The average Bonchev–Trinajstić information content (AvgIpc) is 2.74. The molecule has 0 spiro atoms. The first kappa shape index (κ1) is 21.0. The van der Waals surface area contributed by atoms with E-state index in [1.54, 1.807) is 55.8 Å². The first-order chi connectivity index (χ1) is 13.6. The number of esters is 1. The van der Waals surface area contributed by atoms with Gasteiger partial charge in [0.2, 0.25) is 5.91 Å². The molecule has 0 aliphatic rings. The van der Waals surface area contributed by atoms with Gasteiger partial charge >= 0.3 is 5.97 Å². The van der Waals surface area contributed by atoms with Gasteiger partial charge in [-0.1, -0.05) is 0 Å². The van der Waals surface area contributed by atoms with E-state index in [0.29, 0.717) is 23.6 Å². The number of methoxy groups -OCH3 is 3. The molecule has 7 nitrogen and oxygen atoms in total. The van der Waals surface area contributed by atoms with Gasteiger partial charge in [-0.3, -0.25) is 14.6 Å². The number of benzene rings is 1. The summed E-state index contributed by atoms with van der Waals surface area (Å²) in [5.74, 6) is 0.684. The fraction of sp³-hybridized carbons (Fsp3) is 0.286. The summed E-state index contributed by atoms with van der Waals surface area (Å²) in [5.41, 5.74) is 1.63. The van der Waals surface area contributed by atoms with Crippen LogP contribution in [0.2, 0.25) is 0 Å². The number of aromatic nitrogens is 1. The van der Waals surface area contributed by atoms with E-state index >= 15 is 0 Å². The van der Waals surface area contributed by atoms with Crippen LogP contribution in [-0.4, -0.2) is 49.6 Å². The van der Waals surface area contributed by atoms with E-state index in [0.717, 1.165) is 5.56 Å². The minimum Gasteiger partial charge on any atom is -0.497 e. The number of nitrogens with zero attached hydrogens (tertiary/aromatic N) is 2. The molecule has 28 heavy (non-hydrogen) atoms. The summed E-state index contributed by atoms with van der Waals surface area (Å²) in [6.45, 7) is 0.603. The van der Waals surface area contributed by atoms with Gasteiger partial charge in [0, 0.05) is 37.1 Å². The van der Waals surface area contributed by atoms with E-state index in [1.165, 1.54) is 13.2 Å². The fourth-order valence-corrected chi connectivity index (χ4v) is 2.54. The van der Waals surface area contributed by atoms with Gasteiger partial charge in [0.25, 0.3) is 0 Å². The molecule has 7 heteroatoms. The second-order valence-corrected chi connectivity index (χ2v) is 5.88. The molecule has 2 aromatic rings. The lowest BCUT2D eigenvalue weighted by molar-refractivity contribution is -0.141. The summed E-state index contributed by atoms with van der Waals surface area (Å²) in [6, 6.07) is 8.99. The Morgan fingerprint density at radius 3 is 2.46 bits per heavy atom. The molecular formula is C21H24N2O5. The lowest BCUT2D eigenvalue weighted by Crippen LogP contribution is -2.31. The van der Waals surface area contributed by atoms with Crippen LogP contribution in [0.3, 0.4) is 0 Å². The molecule has 1 aromatic carbocycles. The molecule has 0 saturated heterocycles. The van der Waals surface area contributed by atoms with Gasteiger partial charge in [-0.2, -0.15) is 0 Å². The van der Waals surface area contributed by atoms with Crippen LogP contribution in [0.5, 0.6) is 11.5 Å². The SMILES string of the molecule is COC(=O)CCN(Cc1ccncc1)C(=O)/C=C/c1cc(OC)ccc1OC. The second kappa shape index (κ2) is 10.7. The van der Waals surface area contributed by atoms with Gasteiger partial charge in [0.05, 0.1) is 27.8 Å². The van der Waals surface area contributed by atoms with Crippen molar-refractivity contribution in [3.05, 3.63) is 59.9 Å². The molecule has 2 rings (SSSR count). The molecular weight excluding hydrogens is 360 g/mol. The van der Waals surface area contributed by atoms with Crippen molar-refractivity contribution in [2.45, 2.75) is 13.0 Å². The van der Waals surface area contributed by atoms with Crippen LogP contribution in [-0.2, 0) is 20.9 Å². The number of hydrogen-bond donors (Lipinski definition) is 0. The van der Waals surface area contributed by atoms with E-state index in [4.69, 9.17) is 9.47 Å². The van der Waals surface area contributed by atoms with E-state index < -0.39 is 0 Å². The maximum absolute atomic E-state index is 12.8. The van der Waals surface area contributed by atoms with Crippen molar-refractivity contribution in [1.29, 1.82) is 0 Å². The smallest absolute Gasteiger partial charge is 0.307 e. The first-order valence-electron chi connectivity index (χ1n) is 8.72. The zero-order chi connectivity index (χ0) is 20.4. The monoisotopic (exact) mass is 384 g/mol. The molecule has 0 unspecified atom stereocenters. The molecule has 0 N–H and O–H groups in total. The van der Waals surface area contributed by atoms with E-state index in [2.05, 4.69) is 9.72 Å². The van der Waals surface area contributed by atoms with Crippen LogP contribution >= 0.6 is 0 Å². The van der Waals surface area contributed by atoms with Crippen LogP contribution < -0.4 is 9.47 Å². The molecule has 0 aliphatic heterocycles. The number of rotatable bonds is 9. The third-order valence-corrected chi connectivity index (χ3v) is 4.09. The summed E-state index contributed by atoms with van der Waals surface area (Å²) in [4.78, 5) is 29.8. The lowest BCUT2D eigenvalue weighted by atomic mass is 10.1. The Labute approximate surface area is 164 Å². The normalized spacial score (nSPS) is 10.5. The van der Waals surface area contributed by atoms with Crippen LogP contribution in [0.15, 0.2) is 48.8 Å². The number of carbonyl (C=O) groups is 2. The predicted octanol–water partition coefficient (Wildman–Crippen LogP) is 2.70. The Morgan fingerprint density at radius 1 is 1.07 bits per heavy atom. The fourth-order valence-electron chi connectivity index (χ4n) is 2.54. The molecule has 1 amide bonds. The highest BCUT2D eigenvalue weighted by atomic mass is 16.5. The Hall–Kier alpha value is -3.35. The predicted molar refractivity (Wildman–Crippen MR) is 105 cm³/mol. The van der Waals surface area contributed by atoms with Crippen LogP contribution in [0.25, 0.3) is 6.08 Å². The molecule has 148 valence electrons. The first-order valence-corrected chi connectivity index (χ1v) is 8.72. The van der Waals surface area contributed by atoms with Crippen molar-refractivity contribution in [2.75, 3.05) is 27.9 Å². The van der Waals surface area contributed by atoms with Crippen LogP contribution in [0, 0.1) is 0 Å². The van der Waals surface area contributed by atoms with Gasteiger partial charge in [0.15, 0.2) is 0 Å². The summed E-state index contributed by atoms with van der Waals surface area (Å²) < 4.78 is 15.2. The van der Waals surface area contributed by atoms with Crippen molar-refractivity contribution >= 4 is 18.0 Å². The minimum absolute atomic E-state index is 0.115. The third-order valence-electron chi connectivity index (χ3n) is 4.09. The average molecular weight is 384 g/mol.